The van der Waals surface area contributed by atoms with Crippen LogP contribution in [0.4, 0.5) is 0 Å². The van der Waals surface area contributed by atoms with Crippen molar-refractivity contribution in [3.05, 3.63) is 34.6 Å². The Morgan fingerprint density at radius 1 is 1.29 bits per heavy atom. The molecule has 3 rings (SSSR count). The lowest BCUT2D eigenvalue weighted by atomic mass is 9.88. The van der Waals surface area contributed by atoms with E-state index in [9.17, 15) is 4.79 Å². The van der Waals surface area contributed by atoms with Crippen LogP contribution in [0.15, 0.2) is 18.2 Å². The van der Waals surface area contributed by atoms with Gasteiger partial charge in [0, 0.05) is 5.92 Å². The van der Waals surface area contributed by atoms with Crippen molar-refractivity contribution in [2.75, 3.05) is 0 Å². The van der Waals surface area contributed by atoms with Gasteiger partial charge in [-0.25, -0.2) is 4.79 Å². The second-order valence-corrected chi connectivity index (χ2v) is 5.66. The maximum atomic E-state index is 11.2. The monoisotopic (exact) mass is 306 g/mol. The zero-order valence-electron chi connectivity index (χ0n) is 11.4. The number of benzene rings is 1. The zero-order valence-corrected chi connectivity index (χ0v) is 12.1. The van der Waals surface area contributed by atoms with Gasteiger partial charge in [-0.15, -0.1) is 5.10 Å². The average Bonchev–Trinajstić information content (AvgIpc) is 2.98. The van der Waals surface area contributed by atoms with Crippen LogP contribution in [0, 0.1) is 0 Å². The highest BCUT2D eigenvalue weighted by Crippen LogP contribution is 2.32. The van der Waals surface area contributed by atoms with E-state index in [2.05, 4.69) is 15.5 Å². The van der Waals surface area contributed by atoms with Crippen LogP contribution >= 0.6 is 11.6 Å². The van der Waals surface area contributed by atoms with Crippen molar-refractivity contribution in [1.29, 1.82) is 0 Å². The summed E-state index contributed by atoms with van der Waals surface area (Å²) < 4.78 is 1.62. The van der Waals surface area contributed by atoms with Crippen molar-refractivity contribution < 1.29 is 9.90 Å². The van der Waals surface area contributed by atoms with E-state index in [1.165, 1.54) is 25.3 Å². The number of aromatic nitrogens is 4. The van der Waals surface area contributed by atoms with E-state index < -0.39 is 5.97 Å². The fraction of sp³-hybridized carbons (Fsp3) is 0.429. The van der Waals surface area contributed by atoms with Crippen LogP contribution < -0.4 is 0 Å². The molecular formula is C14H15ClN4O2. The van der Waals surface area contributed by atoms with Gasteiger partial charge in [0.15, 0.2) is 5.82 Å². The third kappa shape index (κ3) is 2.76. The van der Waals surface area contributed by atoms with E-state index in [0.29, 0.717) is 11.6 Å². The summed E-state index contributed by atoms with van der Waals surface area (Å²) in [6, 6.07) is 4.80. The molecule has 0 atom stereocenters. The fourth-order valence-electron chi connectivity index (χ4n) is 2.80. The molecule has 1 heterocycles. The number of carboxylic acid groups (broad SMARTS) is 1. The molecule has 6 nitrogen and oxygen atoms in total. The zero-order chi connectivity index (χ0) is 14.8. The Labute approximate surface area is 126 Å². The molecule has 2 aromatic rings. The molecule has 1 aromatic carbocycles. The van der Waals surface area contributed by atoms with Crippen molar-refractivity contribution in [2.45, 2.75) is 38.0 Å². The molecule has 0 radical (unpaired) electrons. The summed E-state index contributed by atoms with van der Waals surface area (Å²) in [6.07, 6.45) is 5.75. The van der Waals surface area contributed by atoms with Gasteiger partial charge in [0.1, 0.15) is 0 Å². The van der Waals surface area contributed by atoms with E-state index in [4.69, 9.17) is 16.7 Å². The molecule has 21 heavy (non-hydrogen) atoms. The molecule has 0 saturated heterocycles. The summed E-state index contributed by atoms with van der Waals surface area (Å²) in [5, 5.41) is 21.3. The minimum Gasteiger partial charge on any atom is -0.478 e. The number of hydrogen-bond donors (Lipinski definition) is 1. The summed E-state index contributed by atoms with van der Waals surface area (Å²) in [7, 11) is 0. The van der Waals surface area contributed by atoms with E-state index >= 15 is 0 Å². The van der Waals surface area contributed by atoms with Gasteiger partial charge in [0.05, 0.1) is 16.3 Å². The number of nitrogens with zero attached hydrogens (tertiary/aromatic N) is 4. The normalized spacial score (nSPS) is 16.0. The van der Waals surface area contributed by atoms with Gasteiger partial charge in [0.2, 0.25) is 0 Å². The standard InChI is InChI=1S/C14H15ClN4O2/c15-12-7-6-10(8-11(12)14(20)21)19-13(16-17-18-19)9-4-2-1-3-5-9/h6-9H,1-5H2,(H,20,21). The molecule has 110 valence electrons. The number of carbonyl (C=O) groups is 1. The van der Waals surface area contributed by atoms with Crippen molar-refractivity contribution in [2.24, 2.45) is 0 Å². The number of carboxylic acids is 1. The van der Waals surface area contributed by atoms with Gasteiger partial charge >= 0.3 is 5.97 Å². The largest absolute Gasteiger partial charge is 0.478 e. The second-order valence-electron chi connectivity index (χ2n) is 5.25. The second kappa shape index (κ2) is 5.81. The fourth-order valence-corrected chi connectivity index (χ4v) is 3.00. The Balaban J connectivity index is 1.99. The van der Waals surface area contributed by atoms with Crippen LogP contribution in [0.25, 0.3) is 5.69 Å². The molecule has 0 spiro atoms. The summed E-state index contributed by atoms with van der Waals surface area (Å²) >= 11 is 5.90. The molecule has 1 aliphatic carbocycles. The molecule has 0 aliphatic heterocycles. The Bertz CT molecular complexity index is 665. The summed E-state index contributed by atoms with van der Waals surface area (Å²) in [4.78, 5) is 11.2. The molecule has 1 N–H and O–H groups in total. The van der Waals surface area contributed by atoms with E-state index in [0.717, 1.165) is 18.7 Å². The number of hydrogen-bond acceptors (Lipinski definition) is 4. The van der Waals surface area contributed by atoms with Crippen molar-refractivity contribution >= 4 is 17.6 Å². The molecule has 7 heteroatoms. The summed E-state index contributed by atoms with van der Waals surface area (Å²) in [6.45, 7) is 0. The molecular weight excluding hydrogens is 292 g/mol. The highest BCUT2D eigenvalue weighted by atomic mass is 35.5. The van der Waals surface area contributed by atoms with E-state index in [-0.39, 0.29) is 10.6 Å². The molecule has 1 fully saturated rings. The van der Waals surface area contributed by atoms with Gasteiger partial charge < -0.3 is 5.11 Å². The smallest absolute Gasteiger partial charge is 0.337 e. The topological polar surface area (TPSA) is 80.9 Å². The summed E-state index contributed by atoms with van der Waals surface area (Å²) in [5.74, 6) is 0.0696. The van der Waals surface area contributed by atoms with Crippen molar-refractivity contribution in [3.63, 3.8) is 0 Å². The first kappa shape index (κ1) is 14.0. The summed E-state index contributed by atoms with van der Waals surface area (Å²) in [5.41, 5.74) is 0.682. The highest BCUT2D eigenvalue weighted by molar-refractivity contribution is 6.33. The maximum absolute atomic E-state index is 11.2. The Hall–Kier alpha value is -1.95. The molecule has 1 aromatic heterocycles. The van der Waals surface area contributed by atoms with Crippen LogP contribution in [-0.2, 0) is 0 Å². The van der Waals surface area contributed by atoms with Crippen LogP contribution in [-0.4, -0.2) is 31.3 Å². The number of halogens is 1. The van der Waals surface area contributed by atoms with Crippen LogP contribution in [0.2, 0.25) is 5.02 Å². The van der Waals surface area contributed by atoms with E-state index in [1.54, 1.807) is 16.8 Å². The van der Waals surface area contributed by atoms with Gasteiger partial charge in [-0.3, -0.25) is 0 Å². The first-order valence-electron chi connectivity index (χ1n) is 6.98. The van der Waals surface area contributed by atoms with Crippen LogP contribution in [0.3, 0.4) is 0 Å². The van der Waals surface area contributed by atoms with Crippen molar-refractivity contribution in [3.8, 4) is 5.69 Å². The minimum absolute atomic E-state index is 0.0549. The van der Waals surface area contributed by atoms with E-state index in [1.807, 2.05) is 0 Å². The number of rotatable bonds is 3. The Kier molecular flexibility index (Phi) is 3.88. The average molecular weight is 307 g/mol. The highest BCUT2D eigenvalue weighted by Gasteiger charge is 2.23. The van der Waals surface area contributed by atoms with Gasteiger partial charge in [-0.05, 0) is 41.5 Å². The molecule has 1 saturated carbocycles. The van der Waals surface area contributed by atoms with Gasteiger partial charge in [0.25, 0.3) is 0 Å². The molecule has 0 bridgehead atoms. The van der Waals surface area contributed by atoms with Crippen LogP contribution in [0.5, 0.6) is 0 Å². The quantitative estimate of drug-likeness (QED) is 0.942. The lowest BCUT2D eigenvalue weighted by Gasteiger charge is -2.20. The lowest BCUT2D eigenvalue weighted by Crippen LogP contribution is -2.12. The third-order valence-corrected chi connectivity index (χ3v) is 4.22. The minimum atomic E-state index is -1.06. The first-order valence-corrected chi connectivity index (χ1v) is 7.36. The Morgan fingerprint density at radius 3 is 2.76 bits per heavy atom. The maximum Gasteiger partial charge on any atom is 0.337 e. The first-order chi connectivity index (χ1) is 10.2. The predicted molar refractivity (Wildman–Crippen MR) is 76.9 cm³/mol. The van der Waals surface area contributed by atoms with Crippen molar-refractivity contribution in [1.82, 2.24) is 20.2 Å². The molecule has 0 unspecified atom stereocenters. The molecule has 1 aliphatic rings. The predicted octanol–water partition coefficient (Wildman–Crippen LogP) is 3.06. The van der Waals surface area contributed by atoms with Gasteiger partial charge in [-0.2, -0.15) is 4.68 Å². The Morgan fingerprint density at radius 2 is 2.05 bits per heavy atom. The number of aromatic carboxylic acids is 1. The molecule has 0 amide bonds. The lowest BCUT2D eigenvalue weighted by molar-refractivity contribution is 0.0697. The van der Waals surface area contributed by atoms with Crippen LogP contribution in [0.1, 0.15) is 54.2 Å². The number of tetrazole rings is 1. The SMILES string of the molecule is O=C(O)c1cc(-n2nnnc2C2CCCCC2)ccc1Cl. The third-order valence-electron chi connectivity index (χ3n) is 3.89. The van der Waals surface area contributed by atoms with Gasteiger partial charge in [-0.1, -0.05) is 30.9 Å².